The number of carboxylic acid groups (broad SMARTS) is 1. The van der Waals surface area contributed by atoms with Crippen molar-refractivity contribution in [3.05, 3.63) is 23.8 Å². The van der Waals surface area contributed by atoms with E-state index in [1.54, 1.807) is 13.8 Å². The number of carboxylic acids is 1. The maximum atomic E-state index is 11.7. The summed E-state index contributed by atoms with van der Waals surface area (Å²) in [5.41, 5.74) is -0.231. The van der Waals surface area contributed by atoms with Gasteiger partial charge in [0.15, 0.2) is 0 Å². The third-order valence-corrected chi connectivity index (χ3v) is 3.71. The Hall–Kier alpha value is -1.76. The van der Waals surface area contributed by atoms with Crippen molar-refractivity contribution in [1.82, 2.24) is 0 Å². The highest BCUT2D eigenvalue weighted by Gasteiger charge is 2.15. The van der Waals surface area contributed by atoms with Gasteiger partial charge < -0.3 is 10.2 Å². The van der Waals surface area contributed by atoms with Crippen LogP contribution in [0.2, 0.25) is 0 Å². The molecule has 1 aromatic carbocycles. The van der Waals surface area contributed by atoms with Gasteiger partial charge >= 0.3 is 5.97 Å². The number of phenols is 1. The van der Waals surface area contributed by atoms with Gasteiger partial charge in [-0.05, 0) is 24.1 Å². The first-order valence-electron chi connectivity index (χ1n) is 5.28. The summed E-state index contributed by atoms with van der Waals surface area (Å²) in [5.74, 6) is -1.83. The van der Waals surface area contributed by atoms with E-state index in [-0.39, 0.29) is 22.9 Å². The van der Waals surface area contributed by atoms with Crippen molar-refractivity contribution >= 4 is 21.7 Å². The molecule has 1 rings (SSSR count). The van der Waals surface area contributed by atoms with Gasteiger partial charge in [-0.15, -0.1) is 0 Å². The van der Waals surface area contributed by atoms with Crippen LogP contribution < -0.4 is 4.72 Å². The maximum Gasteiger partial charge on any atom is 0.339 e. The highest BCUT2D eigenvalue weighted by atomic mass is 32.2. The summed E-state index contributed by atoms with van der Waals surface area (Å²) >= 11 is 0. The predicted octanol–water partition coefficient (Wildman–Crippen LogP) is 1.49. The average molecular weight is 273 g/mol. The molecule has 0 saturated carbocycles. The lowest BCUT2D eigenvalue weighted by Gasteiger charge is -2.10. The molecule has 100 valence electrons. The van der Waals surface area contributed by atoms with Gasteiger partial charge in [0.2, 0.25) is 10.0 Å². The molecule has 18 heavy (non-hydrogen) atoms. The normalized spacial score (nSPS) is 11.5. The number of nitrogens with one attached hydrogen (secondary N) is 1. The van der Waals surface area contributed by atoms with Gasteiger partial charge in [0, 0.05) is 5.69 Å². The molecule has 0 bridgehead atoms. The minimum Gasteiger partial charge on any atom is -0.507 e. The molecular formula is C11H15NO5S. The van der Waals surface area contributed by atoms with Gasteiger partial charge in [-0.2, -0.15) is 0 Å². The van der Waals surface area contributed by atoms with E-state index < -0.39 is 21.7 Å². The zero-order chi connectivity index (χ0) is 13.9. The van der Waals surface area contributed by atoms with E-state index in [1.807, 2.05) is 0 Å². The Morgan fingerprint density at radius 1 is 1.39 bits per heavy atom. The topological polar surface area (TPSA) is 104 Å². The van der Waals surface area contributed by atoms with Gasteiger partial charge in [0.1, 0.15) is 11.3 Å². The summed E-state index contributed by atoms with van der Waals surface area (Å²) in [7, 11) is -3.51. The fourth-order valence-electron chi connectivity index (χ4n) is 1.43. The molecule has 0 aliphatic carbocycles. The second-order valence-corrected chi connectivity index (χ2v) is 6.08. The van der Waals surface area contributed by atoms with Crippen LogP contribution >= 0.6 is 0 Å². The first-order valence-corrected chi connectivity index (χ1v) is 6.93. The zero-order valence-corrected chi connectivity index (χ0v) is 10.9. The van der Waals surface area contributed by atoms with Gasteiger partial charge in [0.25, 0.3) is 0 Å². The molecule has 6 nitrogen and oxygen atoms in total. The molecule has 0 aromatic heterocycles. The first kappa shape index (κ1) is 14.3. The number of rotatable bonds is 5. The highest BCUT2D eigenvalue weighted by Crippen LogP contribution is 2.22. The molecule has 0 saturated heterocycles. The van der Waals surface area contributed by atoms with Crippen LogP contribution in [0.1, 0.15) is 24.2 Å². The van der Waals surface area contributed by atoms with Crippen molar-refractivity contribution in [1.29, 1.82) is 0 Å². The van der Waals surface area contributed by atoms with Crippen LogP contribution in [0.15, 0.2) is 18.2 Å². The van der Waals surface area contributed by atoms with E-state index in [2.05, 4.69) is 4.72 Å². The number of anilines is 1. The van der Waals surface area contributed by atoms with Crippen LogP contribution in [0.4, 0.5) is 5.69 Å². The lowest BCUT2D eigenvalue weighted by atomic mass is 10.2. The van der Waals surface area contributed by atoms with E-state index in [0.717, 1.165) is 12.1 Å². The second kappa shape index (κ2) is 5.26. The third-order valence-electron chi connectivity index (χ3n) is 2.05. The third kappa shape index (κ3) is 3.92. The zero-order valence-electron chi connectivity index (χ0n) is 10.0. The lowest BCUT2D eigenvalue weighted by Crippen LogP contribution is -2.20. The van der Waals surface area contributed by atoms with Crippen LogP contribution in [-0.4, -0.2) is 30.4 Å². The van der Waals surface area contributed by atoms with Crippen molar-refractivity contribution in [2.45, 2.75) is 13.8 Å². The van der Waals surface area contributed by atoms with E-state index >= 15 is 0 Å². The predicted molar refractivity (Wildman–Crippen MR) is 67.3 cm³/mol. The van der Waals surface area contributed by atoms with Crippen LogP contribution in [0.25, 0.3) is 0 Å². The molecule has 0 spiro atoms. The van der Waals surface area contributed by atoms with Crippen LogP contribution in [0.5, 0.6) is 5.75 Å². The number of hydrogen-bond acceptors (Lipinski definition) is 4. The van der Waals surface area contributed by atoms with Gasteiger partial charge in [0.05, 0.1) is 5.75 Å². The molecule has 3 N–H and O–H groups in total. The summed E-state index contributed by atoms with van der Waals surface area (Å²) < 4.78 is 25.6. The number of carbonyl (C=O) groups is 1. The summed E-state index contributed by atoms with van der Waals surface area (Å²) in [6.07, 6.45) is 0. The molecule has 0 atom stereocenters. The Bertz CT molecular complexity index is 551. The largest absolute Gasteiger partial charge is 0.507 e. The Morgan fingerprint density at radius 2 is 2.00 bits per heavy atom. The smallest absolute Gasteiger partial charge is 0.339 e. The molecule has 0 fully saturated rings. The fourth-order valence-corrected chi connectivity index (χ4v) is 2.88. The first-order chi connectivity index (χ1) is 8.21. The minimum atomic E-state index is -3.51. The maximum absolute atomic E-state index is 11.7. The number of sulfonamides is 1. The second-order valence-electron chi connectivity index (χ2n) is 4.31. The molecule has 0 aliphatic rings. The average Bonchev–Trinajstić information content (AvgIpc) is 2.18. The Kier molecular flexibility index (Phi) is 4.18. The van der Waals surface area contributed by atoms with Crippen molar-refractivity contribution in [3.63, 3.8) is 0 Å². The van der Waals surface area contributed by atoms with E-state index in [4.69, 9.17) is 5.11 Å². The number of aromatic carboxylic acids is 1. The summed E-state index contributed by atoms with van der Waals surface area (Å²) in [6, 6.07) is 3.52. The SMILES string of the molecule is CC(C)CS(=O)(=O)Nc1ccc(O)c(C(=O)O)c1. The summed E-state index contributed by atoms with van der Waals surface area (Å²) in [4.78, 5) is 10.8. The van der Waals surface area contributed by atoms with Crippen molar-refractivity contribution < 1.29 is 23.4 Å². The Morgan fingerprint density at radius 3 is 2.50 bits per heavy atom. The highest BCUT2D eigenvalue weighted by molar-refractivity contribution is 7.92. The van der Waals surface area contributed by atoms with Gasteiger partial charge in [-0.25, -0.2) is 13.2 Å². The molecule has 1 aromatic rings. The molecule has 0 aliphatic heterocycles. The molecule has 0 radical (unpaired) electrons. The van der Waals surface area contributed by atoms with Crippen molar-refractivity contribution in [3.8, 4) is 5.75 Å². The number of aromatic hydroxyl groups is 1. The van der Waals surface area contributed by atoms with Crippen molar-refractivity contribution in [2.24, 2.45) is 5.92 Å². The number of hydrogen-bond donors (Lipinski definition) is 3. The molecule has 0 unspecified atom stereocenters. The van der Waals surface area contributed by atoms with Crippen LogP contribution in [-0.2, 0) is 10.0 Å². The van der Waals surface area contributed by atoms with Crippen LogP contribution in [0.3, 0.4) is 0 Å². The van der Waals surface area contributed by atoms with E-state index in [1.165, 1.54) is 6.07 Å². The fraction of sp³-hybridized carbons (Fsp3) is 0.364. The lowest BCUT2D eigenvalue weighted by molar-refractivity contribution is 0.0694. The van der Waals surface area contributed by atoms with Crippen LogP contribution in [0, 0.1) is 5.92 Å². The summed E-state index contributed by atoms with van der Waals surface area (Å²) in [6.45, 7) is 3.53. The van der Waals surface area contributed by atoms with E-state index in [9.17, 15) is 18.3 Å². The molecule has 7 heteroatoms. The van der Waals surface area contributed by atoms with Gasteiger partial charge in [-0.1, -0.05) is 13.8 Å². The molecule has 0 heterocycles. The Labute approximate surface area is 105 Å². The van der Waals surface area contributed by atoms with Gasteiger partial charge in [-0.3, -0.25) is 4.72 Å². The summed E-state index contributed by atoms with van der Waals surface area (Å²) in [5, 5.41) is 18.1. The monoisotopic (exact) mass is 273 g/mol. The molecule has 0 amide bonds. The molecular weight excluding hydrogens is 258 g/mol. The number of benzene rings is 1. The van der Waals surface area contributed by atoms with E-state index in [0.29, 0.717) is 0 Å². The standard InChI is InChI=1S/C11H15NO5S/c1-7(2)6-18(16,17)12-8-3-4-10(13)9(5-8)11(14)15/h3-5,7,12-13H,6H2,1-2H3,(H,14,15). The quantitative estimate of drug-likeness (QED) is 0.705. The minimum absolute atomic E-state index is 0.0430. The van der Waals surface area contributed by atoms with Crippen molar-refractivity contribution in [2.75, 3.05) is 10.5 Å². The Balaban J connectivity index is 2.99.